The van der Waals surface area contributed by atoms with Crippen molar-refractivity contribution in [3.05, 3.63) is 24.3 Å². The summed E-state index contributed by atoms with van der Waals surface area (Å²) in [6.45, 7) is 0. The molecule has 0 heterocycles. The van der Waals surface area contributed by atoms with Crippen molar-refractivity contribution in [3.8, 4) is 5.75 Å². The summed E-state index contributed by atoms with van der Waals surface area (Å²) in [4.78, 5) is 0.191. The SMILES string of the molecule is COc1cccc(S(=O)(=O)CC(OC)OC)c1. The summed E-state index contributed by atoms with van der Waals surface area (Å²) in [5.74, 6) is 0.269. The number of sulfone groups is 1. The van der Waals surface area contributed by atoms with Gasteiger partial charge in [-0.3, -0.25) is 0 Å². The molecule has 5 nitrogen and oxygen atoms in total. The van der Waals surface area contributed by atoms with Crippen LogP contribution in [0.1, 0.15) is 0 Å². The fraction of sp³-hybridized carbons (Fsp3) is 0.455. The Labute approximate surface area is 101 Å². The predicted molar refractivity (Wildman–Crippen MR) is 62.9 cm³/mol. The lowest BCUT2D eigenvalue weighted by Gasteiger charge is -2.13. The minimum absolute atomic E-state index is 0.191. The maximum absolute atomic E-state index is 12.0. The third-order valence-corrected chi connectivity index (χ3v) is 3.96. The molecule has 17 heavy (non-hydrogen) atoms. The number of ether oxygens (including phenoxy) is 3. The summed E-state index contributed by atoms with van der Waals surface area (Å²) in [7, 11) is 0.835. The molecule has 1 aromatic rings. The summed E-state index contributed by atoms with van der Waals surface area (Å²) < 4.78 is 38.8. The fourth-order valence-corrected chi connectivity index (χ4v) is 2.71. The van der Waals surface area contributed by atoms with Crippen molar-refractivity contribution in [3.63, 3.8) is 0 Å². The Morgan fingerprint density at radius 1 is 1.18 bits per heavy atom. The Kier molecular flexibility index (Phi) is 4.92. The summed E-state index contributed by atoms with van der Waals surface area (Å²) in [6, 6.07) is 6.29. The first-order valence-electron chi connectivity index (χ1n) is 4.96. The van der Waals surface area contributed by atoms with Gasteiger partial charge in [0.15, 0.2) is 16.1 Å². The Morgan fingerprint density at radius 3 is 2.35 bits per heavy atom. The number of hydrogen-bond acceptors (Lipinski definition) is 5. The second-order valence-corrected chi connectivity index (χ2v) is 5.40. The van der Waals surface area contributed by atoms with Gasteiger partial charge >= 0.3 is 0 Å². The normalized spacial score (nSPS) is 11.8. The largest absolute Gasteiger partial charge is 0.497 e. The van der Waals surface area contributed by atoms with Gasteiger partial charge in [-0.25, -0.2) is 8.42 Å². The molecule has 0 saturated carbocycles. The lowest BCUT2D eigenvalue weighted by atomic mass is 10.3. The van der Waals surface area contributed by atoms with Gasteiger partial charge in [-0.2, -0.15) is 0 Å². The van der Waals surface area contributed by atoms with Crippen LogP contribution >= 0.6 is 0 Å². The molecule has 0 aromatic heterocycles. The number of rotatable bonds is 6. The van der Waals surface area contributed by atoms with E-state index >= 15 is 0 Å². The summed E-state index contributed by atoms with van der Waals surface area (Å²) in [6.07, 6.45) is -0.772. The smallest absolute Gasteiger partial charge is 0.183 e. The molecule has 0 saturated heterocycles. The molecule has 0 unspecified atom stereocenters. The molecular weight excluding hydrogens is 244 g/mol. The van der Waals surface area contributed by atoms with Crippen LogP contribution in [-0.4, -0.2) is 41.8 Å². The first-order chi connectivity index (χ1) is 8.03. The van der Waals surface area contributed by atoms with Crippen molar-refractivity contribution in [1.29, 1.82) is 0 Å². The van der Waals surface area contributed by atoms with Crippen LogP contribution in [-0.2, 0) is 19.3 Å². The Hall–Kier alpha value is -1.11. The van der Waals surface area contributed by atoms with Gasteiger partial charge in [-0.05, 0) is 18.2 Å². The molecule has 0 aliphatic rings. The molecular formula is C11H16O5S. The van der Waals surface area contributed by atoms with E-state index in [2.05, 4.69) is 0 Å². The van der Waals surface area contributed by atoms with Gasteiger partial charge in [0.05, 0.1) is 12.0 Å². The van der Waals surface area contributed by atoms with Gasteiger partial charge in [0.2, 0.25) is 0 Å². The lowest BCUT2D eigenvalue weighted by Crippen LogP contribution is -2.24. The van der Waals surface area contributed by atoms with Crippen LogP contribution in [0.5, 0.6) is 5.75 Å². The molecule has 0 aliphatic heterocycles. The highest BCUT2D eigenvalue weighted by atomic mass is 32.2. The van der Waals surface area contributed by atoms with Crippen molar-refractivity contribution < 1.29 is 22.6 Å². The van der Waals surface area contributed by atoms with Crippen molar-refractivity contribution in [2.45, 2.75) is 11.2 Å². The molecule has 0 aliphatic carbocycles. The zero-order chi connectivity index (χ0) is 12.9. The van der Waals surface area contributed by atoms with Crippen LogP contribution in [0.2, 0.25) is 0 Å². The molecule has 0 radical (unpaired) electrons. The van der Waals surface area contributed by atoms with Crippen molar-refractivity contribution >= 4 is 9.84 Å². The highest BCUT2D eigenvalue weighted by Crippen LogP contribution is 2.19. The van der Waals surface area contributed by atoms with E-state index in [-0.39, 0.29) is 10.6 Å². The lowest BCUT2D eigenvalue weighted by molar-refractivity contribution is -0.0851. The zero-order valence-corrected chi connectivity index (χ0v) is 10.9. The van der Waals surface area contributed by atoms with Crippen LogP contribution in [0.3, 0.4) is 0 Å². The summed E-state index contributed by atoms with van der Waals surface area (Å²) in [5, 5.41) is 0. The molecule has 1 rings (SSSR count). The molecule has 0 bridgehead atoms. The Balaban J connectivity index is 2.96. The van der Waals surface area contributed by atoms with Gasteiger partial charge in [-0.15, -0.1) is 0 Å². The maximum Gasteiger partial charge on any atom is 0.183 e. The van der Waals surface area contributed by atoms with Crippen LogP contribution in [0, 0.1) is 0 Å². The van der Waals surface area contributed by atoms with Crippen LogP contribution in [0.25, 0.3) is 0 Å². The predicted octanol–water partition coefficient (Wildman–Crippen LogP) is 1.09. The van der Waals surface area contributed by atoms with Gasteiger partial charge < -0.3 is 14.2 Å². The first kappa shape index (κ1) is 14.0. The van der Waals surface area contributed by atoms with E-state index in [1.54, 1.807) is 12.1 Å². The molecule has 0 spiro atoms. The molecule has 0 atom stereocenters. The average molecular weight is 260 g/mol. The third-order valence-electron chi connectivity index (χ3n) is 2.28. The minimum Gasteiger partial charge on any atom is -0.497 e. The van der Waals surface area contributed by atoms with Gasteiger partial charge in [0.25, 0.3) is 0 Å². The summed E-state index contributed by atoms with van der Waals surface area (Å²) >= 11 is 0. The molecule has 1 aromatic carbocycles. The monoisotopic (exact) mass is 260 g/mol. The average Bonchev–Trinajstić information content (AvgIpc) is 2.36. The molecule has 0 fully saturated rings. The quantitative estimate of drug-likeness (QED) is 0.716. The van der Waals surface area contributed by atoms with E-state index in [1.807, 2.05) is 0 Å². The third kappa shape index (κ3) is 3.69. The molecule has 96 valence electrons. The molecule has 6 heteroatoms. The minimum atomic E-state index is -3.45. The number of benzene rings is 1. The second-order valence-electron chi connectivity index (χ2n) is 3.36. The van der Waals surface area contributed by atoms with E-state index < -0.39 is 16.1 Å². The number of hydrogen-bond donors (Lipinski definition) is 0. The standard InChI is InChI=1S/C11H16O5S/c1-14-9-5-4-6-10(7-9)17(12,13)8-11(15-2)16-3/h4-7,11H,8H2,1-3H3. The van der Waals surface area contributed by atoms with Crippen molar-refractivity contribution in [2.24, 2.45) is 0 Å². The Morgan fingerprint density at radius 2 is 1.82 bits per heavy atom. The van der Waals surface area contributed by atoms with E-state index in [0.717, 1.165) is 0 Å². The van der Waals surface area contributed by atoms with Crippen LogP contribution in [0.15, 0.2) is 29.2 Å². The van der Waals surface area contributed by atoms with Crippen molar-refractivity contribution in [1.82, 2.24) is 0 Å². The van der Waals surface area contributed by atoms with Gasteiger partial charge in [0, 0.05) is 14.2 Å². The Bertz CT molecular complexity index is 451. The second kappa shape index (κ2) is 6.00. The van der Waals surface area contributed by atoms with Gasteiger partial charge in [0.1, 0.15) is 11.5 Å². The molecule has 0 N–H and O–H groups in total. The van der Waals surface area contributed by atoms with Crippen molar-refractivity contribution in [2.75, 3.05) is 27.1 Å². The summed E-state index contributed by atoms with van der Waals surface area (Å²) in [5.41, 5.74) is 0. The topological polar surface area (TPSA) is 61.8 Å². The first-order valence-corrected chi connectivity index (χ1v) is 6.61. The highest BCUT2D eigenvalue weighted by Gasteiger charge is 2.21. The zero-order valence-electron chi connectivity index (χ0n) is 10.0. The fourth-order valence-electron chi connectivity index (χ4n) is 1.30. The van der Waals surface area contributed by atoms with Crippen LogP contribution in [0.4, 0.5) is 0 Å². The van der Waals surface area contributed by atoms with E-state index in [4.69, 9.17) is 14.2 Å². The maximum atomic E-state index is 12.0. The number of methoxy groups -OCH3 is 3. The van der Waals surface area contributed by atoms with E-state index in [0.29, 0.717) is 5.75 Å². The molecule has 0 amide bonds. The van der Waals surface area contributed by atoms with Crippen LogP contribution < -0.4 is 4.74 Å². The highest BCUT2D eigenvalue weighted by molar-refractivity contribution is 7.91. The van der Waals surface area contributed by atoms with Gasteiger partial charge in [-0.1, -0.05) is 6.07 Å². The van der Waals surface area contributed by atoms with E-state index in [1.165, 1.54) is 33.5 Å². The van der Waals surface area contributed by atoms with E-state index in [9.17, 15) is 8.42 Å².